The molecule has 2 rings (SSSR count). The fourth-order valence-corrected chi connectivity index (χ4v) is 1.70. The number of benzene rings is 1. The van der Waals surface area contributed by atoms with Crippen LogP contribution in [0.4, 0.5) is 5.82 Å². The summed E-state index contributed by atoms with van der Waals surface area (Å²) in [5.74, 6) is -0.932. The summed E-state index contributed by atoms with van der Waals surface area (Å²) >= 11 is 0. The van der Waals surface area contributed by atoms with Crippen LogP contribution in [0.1, 0.15) is 12.8 Å². The van der Waals surface area contributed by atoms with Gasteiger partial charge in [0.15, 0.2) is 0 Å². The van der Waals surface area contributed by atoms with Crippen LogP contribution in [0.2, 0.25) is 0 Å². The van der Waals surface area contributed by atoms with Crippen molar-refractivity contribution in [2.45, 2.75) is 12.8 Å². The van der Waals surface area contributed by atoms with E-state index in [2.05, 4.69) is 10.3 Å². The van der Waals surface area contributed by atoms with Crippen molar-refractivity contribution in [3.63, 3.8) is 0 Å². The molecule has 2 N–H and O–H groups in total. The SMILES string of the molecule is O=C(O)CCC(=O)Nc1cccc(-c2ccccc2)n1. The van der Waals surface area contributed by atoms with Crippen molar-refractivity contribution in [1.82, 2.24) is 4.98 Å². The molecule has 1 aromatic heterocycles. The number of carboxylic acids is 1. The minimum atomic E-state index is -0.994. The third kappa shape index (κ3) is 3.91. The first kappa shape index (κ1) is 13.7. The Labute approximate surface area is 116 Å². The molecule has 2 aromatic rings. The predicted molar refractivity (Wildman–Crippen MR) is 75.2 cm³/mol. The zero-order valence-corrected chi connectivity index (χ0v) is 10.7. The molecular weight excluding hydrogens is 256 g/mol. The van der Waals surface area contributed by atoms with Crippen LogP contribution in [0.25, 0.3) is 11.3 Å². The van der Waals surface area contributed by atoms with E-state index in [1.54, 1.807) is 12.1 Å². The Morgan fingerprint density at radius 1 is 1.00 bits per heavy atom. The fourth-order valence-electron chi connectivity index (χ4n) is 1.70. The van der Waals surface area contributed by atoms with Gasteiger partial charge >= 0.3 is 5.97 Å². The third-order valence-electron chi connectivity index (χ3n) is 2.65. The molecule has 5 nitrogen and oxygen atoms in total. The number of aliphatic carboxylic acids is 1. The van der Waals surface area contributed by atoms with E-state index in [0.29, 0.717) is 5.82 Å². The van der Waals surface area contributed by atoms with E-state index < -0.39 is 5.97 Å². The molecule has 0 unspecified atom stereocenters. The number of rotatable bonds is 5. The van der Waals surface area contributed by atoms with Gasteiger partial charge in [0.1, 0.15) is 5.82 Å². The van der Waals surface area contributed by atoms with E-state index in [0.717, 1.165) is 11.3 Å². The Balaban J connectivity index is 2.07. The summed E-state index contributed by atoms with van der Waals surface area (Å²) in [4.78, 5) is 26.3. The van der Waals surface area contributed by atoms with Crippen molar-refractivity contribution in [3.05, 3.63) is 48.5 Å². The van der Waals surface area contributed by atoms with Crippen molar-refractivity contribution < 1.29 is 14.7 Å². The molecule has 0 aliphatic rings. The summed E-state index contributed by atoms with van der Waals surface area (Å²) in [6.07, 6.45) is -0.253. The van der Waals surface area contributed by atoms with Crippen LogP contribution in [0.15, 0.2) is 48.5 Å². The van der Waals surface area contributed by atoms with Gasteiger partial charge in [-0.2, -0.15) is 0 Å². The summed E-state index contributed by atoms with van der Waals surface area (Å²) in [6, 6.07) is 14.9. The monoisotopic (exact) mass is 270 g/mol. The first-order chi connectivity index (χ1) is 9.65. The van der Waals surface area contributed by atoms with Crippen LogP contribution in [0.5, 0.6) is 0 Å². The van der Waals surface area contributed by atoms with Crippen molar-refractivity contribution in [2.75, 3.05) is 5.32 Å². The molecule has 20 heavy (non-hydrogen) atoms. The van der Waals surface area contributed by atoms with Crippen molar-refractivity contribution in [2.24, 2.45) is 0 Å². The number of nitrogens with one attached hydrogen (secondary N) is 1. The summed E-state index contributed by atoms with van der Waals surface area (Å²) in [6.45, 7) is 0. The average Bonchev–Trinajstić information content (AvgIpc) is 2.46. The number of carbonyl (C=O) groups is 2. The van der Waals surface area contributed by atoms with E-state index in [1.807, 2.05) is 36.4 Å². The number of hydrogen-bond donors (Lipinski definition) is 2. The van der Waals surface area contributed by atoms with E-state index in [-0.39, 0.29) is 18.7 Å². The highest BCUT2D eigenvalue weighted by molar-refractivity contribution is 5.91. The maximum atomic E-state index is 11.6. The van der Waals surface area contributed by atoms with Gasteiger partial charge in [0.25, 0.3) is 0 Å². The first-order valence-electron chi connectivity index (χ1n) is 6.19. The number of nitrogens with zero attached hydrogens (tertiary/aromatic N) is 1. The maximum Gasteiger partial charge on any atom is 0.303 e. The number of anilines is 1. The van der Waals surface area contributed by atoms with Gasteiger partial charge in [-0.1, -0.05) is 36.4 Å². The fraction of sp³-hybridized carbons (Fsp3) is 0.133. The van der Waals surface area contributed by atoms with Crippen LogP contribution in [-0.4, -0.2) is 22.0 Å². The molecule has 5 heteroatoms. The average molecular weight is 270 g/mol. The van der Waals surface area contributed by atoms with Gasteiger partial charge in [0, 0.05) is 12.0 Å². The highest BCUT2D eigenvalue weighted by Gasteiger charge is 2.07. The van der Waals surface area contributed by atoms with Crippen LogP contribution in [0, 0.1) is 0 Å². The molecule has 0 fully saturated rings. The maximum absolute atomic E-state index is 11.6. The normalized spacial score (nSPS) is 10.0. The second-order valence-electron chi connectivity index (χ2n) is 4.22. The molecular formula is C15H14N2O3. The second-order valence-corrected chi connectivity index (χ2v) is 4.22. The van der Waals surface area contributed by atoms with Gasteiger partial charge in [-0.3, -0.25) is 9.59 Å². The van der Waals surface area contributed by atoms with Crippen molar-refractivity contribution >= 4 is 17.7 Å². The largest absolute Gasteiger partial charge is 0.481 e. The minimum absolute atomic E-state index is 0.0629. The number of hydrogen-bond acceptors (Lipinski definition) is 3. The molecule has 1 amide bonds. The number of amides is 1. The Morgan fingerprint density at radius 2 is 1.75 bits per heavy atom. The van der Waals surface area contributed by atoms with Crippen LogP contribution in [0.3, 0.4) is 0 Å². The van der Waals surface area contributed by atoms with E-state index in [1.165, 1.54) is 0 Å². The highest BCUT2D eigenvalue weighted by atomic mass is 16.4. The molecule has 1 aromatic carbocycles. The molecule has 0 saturated heterocycles. The number of carbonyl (C=O) groups excluding carboxylic acids is 1. The van der Waals surface area contributed by atoms with Crippen LogP contribution >= 0.6 is 0 Å². The van der Waals surface area contributed by atoms with Gasteiger partial charge in [-0.05, 0) is 12.1 Å². The topological polar surface area (TPSA) is 79.3 Å². The Hall–Kier alpha value is -2.69. The Bertz CT molecular complexity index is 612. The number of carboxylic acid groups (broad SMARTS) is 1. The minimum Gasteiger partial charge on any atom is -0.481 e. The third-order valence-corrected chi connectivity index (χ3v) is 2.65. The second kappa shape index (κ2) is 6.47. The summed E-state index contributed by atoms with van der Waals surface area (Å²) in [7, 11) is 0. The van der Waals surface area contributed by atoms with Gasteiger partial charge < -0.3 is 10.4 Å². The van der Waals surface area contributed by atoms with Gasteiger partial charge in [0.2, 0.25) is 5.91 Å². The molecule has 0 radical (unpaired) electrons. The molecule has 0 bridgehead atoms. The lowest BCUT2D eigenvalue weighted by Crippen LogP contribution is -2.14. The number of pyridine rings is 1. The zero-order valence-electron chi connectivity index (χ0n) is 10.7. The molecule has 0 aliphatic carbocycles. The predicted octanol–water partition coefficient (Wildman–Crippen LogP) is 2.55. The zero-order chi connectivity index (χ0) is 14.4. The number of aromatic nitrogens is 1. The van der Waals surface area contributed by atoms with E-state index in [9.17, 15) is 9.59 Å². The highest BCUT2D eigenvalue weighted by Crippen LogP contribution is 2.18. The lowest BCUT2D eigenvalue weighted by atomic mass is 10.1. The van der Waals surface area contributed by atoms with Gasteiger partial charge in [-0.15, -0.1) is 0 Å². The van der Waals surface area contributed by atoms with Gasteiger partial charge in [-0.25, -0.2) is 4.98 Å². The van der Waals surface area contributed by atoms with Crippen molar-refractivity contribution in [3.8, 4) is 11.3 Å². The van der Waals surface area contributed by atoms with Crippen molar-refractivity contribution in [1.29, 1.82) is 0 Å². The molecule has 0 spiro atoms. The Kier molecular flexibility index (Phi) is 4.44. The molecule has 0 atom stereocenters. The molecule has 0 aliphatic heterocycles. The lowest BCUT2D eigenvalue weighted by molar-refractivity contribution is -0.138. The van der Waals surface area contributed by atoms with Crippen LogP contribution < -0.4 is 5.32 Å². The summed E-state index contributed by atoms with van der Waals surface area (Å²) in [5.41, 5.74) is 1.70. The van der Waals surface area contributed by atoms with Gasteiger partial charge in [0.05, 0.1) is 12.1 Å². The standard InChI is InChI=1S/C15H14N2O3/c18-14(9-10-15(19)20)17-13-8-4-7-12(16-13)11-5-2-1-3-6-11/h1-8H,9-10H2,(H,19,20)(H,16,17,18). The quantitative estimate of drug-likeness (QED) is 0.875. The molecule has 0 saturated carbocycles. The Morgan fingerprint density at radius 3 is 2.45 bits per heavy atom. The smallest absolute Gasteiger partial charge is 0.303 e. The van der Waals surface area contributed by atoms with Crippen LogP contribution in [-0.2, 0) is 9.59 Å². The first-order valence-corrected chi connectivity index (χ1v) is 6.19. The lowest BCUT2D eigenvalue weighted by Gasteiger charge is -2.06. The van der Waals surface area contributed by atoms with E-state index in [4.69, 9.17) is 5.11 Å². The molecule has 1 heterocycles. The summed E-state index contributed by atoms with van der Waals surface area (Å²) in [5, 5.41) is 11.1. The molecule has 102 valence electrons. The summed E-state index contributed by atoms with van der Waals surface area (Å²) < 4.78 is 0. The van der Waals surface area contributed by atoms with E-state index >= 15 is 0 Å².